The average Bonchev–Trinajstić information content (AvgIpc) is 2.40. The smallest absolute Gasteiger partial charge is 0.150 e. The first-order valence-electron chi connectivity index (χ1n) is 6.11. The predicted octanol–water partition coefficient (Wildman–Crippen LogP) is 0.798. The molecule has 0 radical (unpaired) electrons. The number of rotatable bonds is 4. The molecule has 0 unspecified atom stereocenters. The highest BCUT2D eigenvalue weighted by Crippen LogP contribution is 2.18. The van der Waals surface area contributed by atoms with Crippen LogP contribution in [0, 0.1) is 5.92 Å². The van der Waals surface area contributed by atoms with E-state index < -0.39 is 0 Å². The maximum atomic E-state index is 5.50. The molecule has 1 aliphatic heterocycles. The monoisotopic (exact) mass is 236 g/mol. The Hall–Kier alpha value is -1.20. The highest BCUT2D eigenvalue weighted by molar-refractivity contribution is 5.36. The van der Waals surface area contributed by atoms with Crippen LogP contribution in [-0.4, -0.2) is 37.0 Å². The Kier molecular flexibility index (Phi) is 4.28. The summed E-state index contributed by atoms with van der Waals surface area (Å²) < 4.78 is 5.36. The molecule has 1 aliphatic rings. The molecule has 1 fully saturated rings. The molecule has 0 amide bonds. The van der Waals surface area contributed by atoms with Crippen molar-refractivity contribution in [3.05, 3.63) is 17.8 Å². The molecule has 0 saturated carbocycles. The van der Waals surface area contributed by atoms with Crippen LogP contribution in [0.3, 0.4) is 0 Å². The SMILES string of the molecule is CN(CC1CCOCC1)c1ccc(CN)nn1. The van der Waals surface area contributed by atoms with Gasteiger partial charge in [0, 0.05) is 33.4 Å². The Bertz CT molecular complexity index is 335. The Morgan fingerprint density at radius 1 is 1.35 bits per heavy atom. The van der Waals surface area contributed by atoms with Gasteiger partial charge in [-0.15, -0.1) is 5.10 Å². The molecule has 0 aliphatic carbocycles. The van der Waals surface area contributed by atoms with E-state index >= 15 is 0 Å². The topological polar surface area (TPSA) is 64.3 Å². The van der Waals surface area contributed by atoms with Gasteiger partial charge >= 0.3 is 0 Å². The van der Waals surface area contributed by atoms with Crippen LogP contribution in [0.5, 0.6) is 0 Å². The van der Waals surface area contributed by atoms with Crippen LogP contribution in [0.4, 0.5) is 5.82 Å². The van der Waals surface area contributed by atoms with Gasteiger partial charge in [0.2, 0.25) is 0 Å². The predicted molar refractivity (Wildman–Crippen MR) is 66.7 cm³/mol. The molecular weight excluding hydrogens is 216 g/mol. The Morgan fingerprint density at radius 3 is 2.71 bits per heavy atom. The van der Waals surface area contributed by atoms with Crippen molar-refractivity contribution in [2.24, 2.45) is 11.7 Å². The zero-order valence-electron chi connectivity index (χ0n) is 10.3. The van der Waals surface area contributed by atoms with Gasteiger partial charge in [-0.1, -0.05) is 0 Å². The Labute approximate surface area is 102 Å². The summed E-state index contributed by atoms with van der Waals surface area (Å²) in [6.07, 6.45) is 2.28. The lowest BCUT2D eigenvalue weighted by atomic mass is 10.00. The molecule has 2 heterocycles. The van der Waals surface area contributed by atoms with Crippen LogP contribution in [0.1, 0.15) is 18.5 Å². The summed E-state index contributed by atoms with van der Waals surface area (Å²) in [6, 6.07) is 3.91. The molecule has 0 atom stereocenters. The first kappa shape index (κ1) is 12.3. The number of aromatic nitrogens is 2. The molecule has 0 spiro atoms. The zero-order valence-corrected chi connectivity index (χ0v) is 10.3. The lowest BCUT2D eigenvalue weighted by Gasteiger charge is -2.27. The van der Waals surface area contributed by atoms with Crippen molar-refractivity contribution in [3.63, 3.8) is 0 Å². The number of hydrogen-bond donors (Lipinski definition) is 1. The summed E-state index contributed by atoms with van der Waals surface area (Å²) in [5.41, 5.74) is 6.32. The van der Waals surface area contributed by atoms with E-state index in [0.717, 1.165) is 44.1 Å². The molecule has 0 aromatic carbocycles. The van der Waals surface area contributed by atoms with Gasteiger partial charge in [0.25, 0.3) is 0 Å². The van der Waals surface area contributed by atoms with Crippen molar-refractivity contribution in [2.45, 2.75) is 19.4 Å². The minimum Gasteiger partial charge on any atom is -0.381 e. The van der Waals surface area contributed by atoms with E-state index in [1.807, 2.05) is 12.1 Å². The van der Waals surface area contributed by atoms with Gasteiger partial charge < -0.3 is 15.4 Å². The second-order valence-electron chi connectivity index (χ2n) is 4.52. The second-order valence-corrected chi connectivity index (χ2v) is 4.52. The molecule has 5 nitrogen and oxygen atoms in total. The number of hydrogen-bond acceptors (Lipinski definition) is 5. The largest absolute Gasteiger partial charge is 0.381 e. The fourth-order valence-corrected chi connectivity index (χ4v) is 2.08. The molecule has 1 aromatic heterocycles. The average molecular weight is 236 g/mol. The lowest BCUT2D eigenvalue weighted by Crippen LogP contribution is -2.30. The molecule has 5 heteroatoms. The van der Waals surface area contributed by atoms with E-state index in [-0.39, 0.29) is 0 Å². The lowest BCUT2D eigenvalue weighted by molar-refractivity contribution is 0.0685. The minimum absolute atomic E-state index is 0.441. The normalized spacial score (nSPS) is 17.1. The summed E-state index contributed by atoms with van der Waals surface area (Å²) in [5.74, 6) is 1.61. The highest BCUT2D eigenvalue weighted by Gasteiger charge is 2.16. The standard InChI is InChI=1S/C12H20N4O/c1-16(9-10-4-6-17-7-5-10)12-3-2-11(8-13)14-15-12/h2-3,10H,4-9,13H2,1H3. The van der Waals surface area contributed by atoms with E-state index in [4.69, 9.17) is 10.5 Å². The van der Waals surface area contributed by atoms with Crippen molar-refractivity contribution in [2.75, 3.05) is 31.7 Å². The number of anilines is 1. The van der Waals surface area contributed by atoms with Crippen molar-refractivity contribution >= 4 is 5.82 Å². The van der Waals surface area contributed by atoms with Gasteiger partial charge in [0.05, 0.1) is 5.69 Å². The molecule has 17 heavy (non-hydrogen) atoms. The molecule has 94 valence electrons. The zero-order chi connectivity index (χ0) is 12.1. The summed E-state index contributed by atoms with van der Waals surface area (Å²) in [5, 5.41) is 8.25. The maximum absolute atomic E-state index is 5.50. The van der Waals surface area contributed by atoms with Gasteiger partial charge in [-0.2, -0.15) is 5.10 Å². The summed E-state index contributed by atoms with van der Waals surface area (Å²) in [4.78, 5) is 2.16. The number of nitrogens with zero attached hydrogens (tertiary/aromatic N) is 3. The molecule has 0 bridgehead atoms. The van der Waals surface area contributed by atoms with E-state index in [1.54, 1.807) is 0 Å². The third kappa shape index (κ3) is 3.38. The molecule has 1 aromatic rings. The Morgan fingerprint density at radius 2 is 2.12 bits per heavy atom. The van der Waals surface area contributed by atoms with Crippen LogP contribution in [0.15, 0.2) is 12.1 Å². The van der Waals surface area contributed by atoms with Gasteiger partial charge in [-0.25, -0.2) is 0 Å². The van der Waals surface area contributed by atoms with Gasteiger partial charge in [0.1, 0.15) is 0 Å². The summed E-state index contributed by atoms with van der Waals surface area (Å²) in [6.45, 7) is 3.23. The first-order chi connectivity index (χ1) is 8.29. The molecule has 2 rings (SSSR count). The third-order valence-corrected chi connectivity index (χ3v) is 3.18. The van der Waals surface area contributed by atoms with Crippen LogP contribution in [0.25, 0.3) is 0 Å². The van der Waals surface area contributed by atoms with Crippen LogP contribution in [-0.2, 0) is 11.3 Å². The molecule has 2 N–H and O–H groups in total. The third-order valence-electron chi connectivity index (χ3n) is 3.18. The fraction of sp³-hybridized carbons (Fsp3) is 0.667. The van der Waals surface area contributed by atoms with Gasteiger partial charge in [-0.05, 0) is 30.9 Å². The van der Waals surface area contributed by atoms with E-state index in [0.29, 0.717) is 12.5 Å². The van der Waals surface area contributed by atoms with E-state index in [2.05, 4.69) is 22.1 Å². The van der Waals surface area contributed by atoms with Crippen molar-refractivity contribution in [1.29, 1.82) is 0 Å². The second kappa shape index (κ2) is 5.93. The van der Waals surface area contributed by atoms with Crippen LogP contribution < -0.4 is 10.6 Å². The van der Waals surface area contributed by atoms with Crippen molar-refractivity contribution in [3.8, 4) is 0 Å². The van der Waals surface area contributed by atoms with Crippen LogP contribution >= 0.6 is 0 Å². The molecule has 1 saturated heterocycles. The highest BCUT2D eigenvalue weighted by atomic mass is 16.5. The summed E-state index contributed by atoms with van der Waals surface area (Å²) in [7, 11) is 2.06. The first-order valence-corrected chi connectivity index (χ1v) is 6.11. The van der Waals surface area contributed by atoms with Crippen molar-refractivity contribution < 1.29 is 4.74 Å². The maximum Gasteiger partial charge on any atom is 0.150 e. The van der Waals surface area contributed by atoms with E-state index in [9.17, 15) is 0 Å². The Balaban J connectivity index is 1.91. The summed E-state index contributed by atoms with van der Waals surface area (Å²) >= 11 is 0. The number of nitrogens with two attached hydrogens (primary N) is 1. The quantitative estimate of drug-likeness (QED) is 0.837. The van der Waals surface area contributed by atoms with Crippen molar-refractivity contribution in [1.82, 2.24) is 10.2 Å². The van der Waals surface area contributed by atoms with E-state index in [1.165, 1.54) is 0 Å². The minimum atomic E-state index is 0.441. The van der Waals surface area contributed by atoms with Gasteiger partial charge in [-0.3, -0.25) is 0 Å². The van der Waals surface area contributed by atoms with Crippen LogP contribution in [0.2, 0.25) is 0 Å². The van der Waals surface area contributed by atoms with Gasteiger partial charge in [0.15, 0.2) is 5.82 Å². The number of ether oxygens (including phenoxy) is 1. The fourth-order valence-electron chi connectivity index (χ4n) is 2.08. The molecular formula is C12H20N4O.